The monoisotopic (exact) mass is 248 g/mol. The fourth-order valence-electron chi connectivity index (χ4n) is 0.990. The molecular formula is C7H3F7Si. The molecule has 0 amide bonds. The van der Waals surface area contributed by atoms with E-state index >= 15 is 0 Å². The van der Waals surface area contributed by atoms with Crippen LogP contribution in [0.1, 0.15) is 5.56 Å². The Kier molecular flexibility index (Phi) is 2.81. The van der Waals surface area contributed by atoms with Crippen molar-refractivity contribution in [3.05, 3.63) is 28.8 Å². The normalized spacial score (nSPS) is 12.2. The van der Waals surface area contributed by atoms with E-state index in [0.29, 0.717) is 0 Å². The molecule has 8 heteroatoms. The predicted octanol–water partition coefficient (Wildman–Crippen LogP) is 1.25. The number of alkyl halides is 3. The molecule has 84 valence electrons. The van der Waals surface area contributed by atoms with Crippen LogP contribution in [0.15, 0.2) is 0 Å². The summed E-state index contributed by atoms with van der Waals surface area (Å²) in [4.78, 5) is 0. The molecule has 0 aliphatic carbocycles. The Labute approximate surface area is 82.1 Å². The van der Waals surface area contributed by atoms with Gasteiger partial charge in [-0.05, 0) is 0 Å². The van der Waals surface area contributed by atoms with Crippen LogP contribution in [0.2, 0.25) is 0 Å². The summed E-state index contributed by atoms with van der Waals surface area (Å²) < 4.78 is 86.9. The third-order valence-corrected chi connectivity index (χ3v) is 2.64. The summed E-state index contributed by atoms with van der Waals surface area (Å²) in [5.74, 6) is -8.75. The lowest BCUT2D eigenvalue weighted by Crippen LogP contribution is -2.24. The van der Waals surface area contributed by atoms with Gasteiger partial charge in [-0.2, -0.15) is 13.2 Å². The average Bonchev–Trinajstić information content (AvgIpc) is 2.09. The first-order chi connectivity index (χ1) is 6.68. The molecule has 0 radical (unpaired) electrons. The zero-order chi connectivity index (χ0) is 12.0. The van der Waals surface area contributed by atoms with Gasteiger partial charge in [0, 0.05) is 15.4 Å². The van der Waals surface area contributed by atoms with E-state index in [2.05, 4.69) is 0 Å². The van der Waals surface area contributed by atoms with Crippen LogP contribution in [0, 0.1) is 23.3 Å². The van der Waals surface area contributed by atoms with Gasteiger partial charge < -0.3 is 0 Å². The molecule has 0 fully saturated rings. The summed E-state index contributed by atoms with van der Waals surface area (Å²) in [6.07, 6.45) is -5.47. The topological polar surface area (TPSA) is 0 Å². The zero-order valence-corrected chi connectivity index (χ0v) is 9.15. The fraction of sp³-hybridized carbons (Fsp3) is 0.143. The molecule has 15 heavy (non-hydrogen) atoms. The van der Waals surface area contributed by atoms with Crippen molar-refractivity contribution in [3.8, 4) is 0 Å². The highest BCUT2D eigenvalue weighted by Gasteiger charge is 2.41. The van der Waals surface area contributed by atoms with Gasteiger partial charge in [-0.1, -0.05) is 0 Å². The molecule has 0 nitrogen and oxygen atoms in total. The van der Waals surface area contributed by atoms with Crippen LogP contribution in [0.3, 0.4) is 0 Å². The molecule has 0 atom stereocenters. The Morgan fingerprint density at radius 3 is 1.33 bits per heavy atom. The molecule has 1 aromatic rings. The van der Waals surface area contributed by atoms with Gasteiger partial charge in [-0.15, -0.1) is 0 Å². The Balaban J connectivity index is 3.68. The Hall–Kier alpha value is -1.05. The summed E-state index contributed by atoms with van der Waals surface area (Å²) in [7, 11) is -0.437. The summed E-state index contributed by atoms with van der Waals surface area (Å²) in [6, 6.07) is 0. The van der Waals surface area contributed by atoms with Gasteiger partial charge >= 0.3 is 6.18 Å². The van der Waals surface area contributed by atoms with Gasteiger partial charge in [0.25, 0.3) is 0 Å². The van der Waals surface area contributed by atoms with Crippen molar-refractivity contribution < 1.29 is 30.7 Å². The first kappa shape index (κ1) is 12.0. The van der Waals surface area contributed by atoms with E-state index in [0.717, 1.165) is 0 Å². The molecular weight excluding hydrogens is 245 g/mol. The molecule has 1 aromatic carbocycles. The van der Waals surface area contributed by atoms with E-state index in [1.165, 1.54) is 0 Å². The maximum Gasteiger partial charge on any atom is 0.422 e. The number of hydrogen-bond acceptors (Lipinski definition) is 0. The first-order valence-electron chi connectivity index (χ1n) is 3.57. The van der Waals surface area contributed by atoms with Gasteiger partial charge in [-0.3, -0.25) is 0 Å². The van der Waals surface area contributed by atoms with E-state index in [-0.39, 0.29) is 0 Å². The van der Waals surface area contributed by atoms with E-state index < -0.39 is 50.4 Å². The van der Waals surface area contributed by atoms with Crippen LogP contribution in [-0.4, -0.2) is 10.2 Å². The largest absolute Gasteiger partial charge is 0.422 e. The van der Waals surface area contributed by atoms with Gasteiger partial charge in [0.2, 0.25) is 0 Å². The van der Waals surface area contributed by atoms with Crippen LogP contribution in [-0.2, 0) is 6.18 Å². The van der Waals surface area contributed by atoms with Crippen molar-refractivity contribution in [1.82, 2.24) is 0 Å². The molecule has 1 rings (SSSR count). The van der Waals surface area contributed by atoms with Crippen LogP contribution in [0.25, 0.3) is 0 Å². The maximum atomic E-state index is 12.7. The lowest BCUT2D eigenvalue weighted by atomic mass is 10.1. The summed E-state index contributed by atoms with van der Waals surface area (Å²) in [5, 5.41) is -0.988. The second-order valence-corrected chi connectivity index (χ2v) is 3.75. The van der Waals surface area contributed by atoms with Crippen LogP contribution < -0.4 is 5.19 Å². The van der Waals surface area contributed by atoms with Crippen molar-refractivity contribution in [2.24, 2.45) is 0 Å². The fourth-order valence-corrected chi connectivity index (χ4v) is 1.43. The highest BCUT2D eigenvalue weighted by atomic mass is 28.1. The van der Waals surface area contributed by atoms with E-state index in [1.54, 1.807) is 0 Å². The third kappa shape index (κ3) is 1.85. The minimum Gasteiger partial charge on any atom is -0.204 e. The second kappa shape index (κ2) is 3.51. The SMILES string of the molecule is Fc1c(F)c(C(F)(F)F)c(F)c(F)c1[SiH3]. The smallest absolute Gasteiger partial charge is 0.204 e. The molecule has 0 spiro atoms. The molecule has 0 N–H and O–H groups in total. The average molecular weight is 248 g/mol. The van der Waals surface area contributed by atoms with Gasteiger partial charge in [0.1, 0.15) is 5.56 Å². The van der Waals surface area contributed by atoms with Gasteiger partial charge in [0.05, 0.1) is 0 Å². The van der Waals surface area contributed by atoms with E-state index in [9.17, 15) is 30.7 Å². The minimum atomic E-state index is -5.47. The molecule has 0 unspecified atom stereocenters. The summed E-state index contributed by atoms with van der Waals surface area (Å²) in [5.41, 5.74) is -2.53. The van der Waals surface area contributed by atoms with Crippen LogP contribution in [0.4, 0.5) is 30.7 Å². The molecule has 0 bridgehead atoms. The van der Waals surface area contributed by atoms with Crippen molar-refractivity contribution in [2.45, 2.75) is 6.18 Å². The number of rotatable bonds is 0. The molecule has 0 aromatic heterocycles. The molecule has 0 heterocycles. The Morgan fingerprint density at radius 2 is 1.07 bits per heavy atom. The molecule has 0 aliphatic rings. The third-order valence-electron chi connectivity index (χ3n) is 1.77. The highest BCUT2D eigenvalue weighted by molar-refractivity contribution is 6.32. The van der Waals surface area contributed by atoms with Crippen molar-refractivity contribution in [3.63, 3.8) is 0 Å². The second-order valence-electron chi connectivity index (χ2n) is 2.75. The first-order valence-corrected chi connectivity index (χ1v) is 4.57. The molecule has 0 saturated carbocycles. The van der Waals surface area contributed by atoms with Gasteiger partial charge in [0.15, 0.2) is 23.3 Å². The number of hydrogen-bond donors (Lipinski definition) is 0. The van der Waals surface area contributed by atoms with Crippen molar-refractivity contribution >= 4 is 15.4 Å². The highest BCUT2D eigenvalue weighted by Crippen LogP contribution is 2.34. The summed E-state index contributed by atoms with van der Waals surface area (Å²) in [6.45, 7) is 0. The van der Waals surface area contributed by atoms with Crippen LogP contribution >= 0.6 is 0 Å². The quantitative estimate of drug-likeness (QED) is 0.368. The lowest BCUT2D eigenvalue weighted by Gasteiger charge is -2.12. The number of benzene rings is 1. The van der Waals surface area contributed by atoms with Gasteiger partial charge in [-0.25, -0.2) is 17.6 Å². The van der Waals surface area contributed by atoms with Crippen LogP contribution in [0.5, 0.6) is 0 Å². The van der Waals surface area contributed by atoms with E-state index in [1.807, 2.05) is 0 Å². The minimum absolute atomic E-state index is 0.437. The number of halogens is 7. The standard InChI is InChI=1S/C7H3F7Si/c8-2-1(7(12,13)14)3(9)5(11)6(15)4(2)10/h15H3. The van der Waals surface area contributed by atoms with Crippen molar-refractivity contribution in [2.75, 3.05) is 0 Å². The molecule has 0 saturated heterocycles. The predicted molar refractivity (Wildman–Crippen MR) is 40.8 cm³/mol. The van der Waals surface area contributed by atoms with Crippen molar-refractivity contribution in [1.29, 1.82) is 0 Å². The maximum absolute atomic E-state index is 12.7. The lowest BCUT2D eigenvalue weighted by molar-refractivity contribution is -0.143. The van der Waals surface area contributed by atoms with E-state index in [4.69, 9.17) is 0 Å². The Bertz CT molecular complexity index is 380. The Morgan fingerprint density at radius 1 is 0.733 bits per heavy atom. The zero-order valence-electron chi connectivity index (χ0n) is 7.15. The summed E-state index contributed by atoms with van der Waals surface area (Å²) >= 11 is 0. The molecule has 0 aliphatic heterocycles.